The van der Waals surface area contributed by atoms with Gasteiger partial charge in [0.2, 0.25) is 0 Å². The first kappa shape index (κ1) is 19.8. The van der Waals surface area contributed by atoms with Crippen molar-refractivity contribution in [2.75, 3.05) is 41.0 Å². The average molecular weight is 409 g/mol. The molecule has 1 rings (SSSR count). The number of phenols is 1. The maximum Gasteiger partial charge on any atom is 0.191 e. The van der Waals surface area contributed by atoms with E-state index in [1.165, 1.54) is 0 Å². The number of aromatic hydroxyl groups is 1. The molecule has 3 N–H and O–H groups in total. The van der Waals surface area contributed by atoms with Gasteiger partial charge in [-0.05, 0) is 18.1 Å². The second kappa shape index (κ2) is 11.4. The predicted molar refractivity (Wildman–Crippen MR) is 95.0 cm³/mol. The summed E-state index contributed by atoms with van der Waals surface area (Å²) < 4.78 is 10.0. The Bertz CT molecular complexity index is 441. The molecule has 1 aromatic rings. The van der Waals surface area contributed by atoms with Gasteiger partial charge in [0.25, 0.3) is 0 Å². The zero-order chi connectivity index (χ0) is 14.8. The SMILES string of the molecule is CN=C(NCCOC)NCCc1ccc(OC)cc1O.I. The van der Waals surface area contributed by atoms with E-state index >= 15 is 0 Å². The van der Waals surface area contributed by atoms with Crippen molar-refractivity contribution >= 4 is 29.9 Å². The van der Waals surface area contributed by atoms with E-state index in [0.29, 0.717) is 31.9 Å². The van der Waals surface area contributed by atoms with Gasteiger partial charge < -0.3 is 25.2 Å². The van der Waals surface area contributed by atoms with Crippen molar-refractivity contribution < 1.29 is 14.6 Å². The molecule has 0 aromatic heterocycles. The molecule has 120 valence electrons. The van der Waals surface area contributed by atoms with Crippen LogP contribution in [-0.2, 0) is 11.2 Å². The van der Waals surface area contributed by atoms with Crippen LogP contribution in [0.2, 0.25) is 0 Å². The molecular formula is C14H24IN3O3. The summed E-state index contributed by atoms with van der Waals surface area (Å²) in [4.78, 5) is 4.10. The summed E-state index contributed by atoms with van der Waals surface area (Å²) in [6.45, 7) is 2.00. The lowest BCUT2D eigenvalue weighted by atomic mass is 10.1. The lowest BCUT2D eigenvalue weighted by Crippen LogP contribution is -2.39. The Balaban J connectivity index is 0.00000400. The molecule has 1 aromatic carbocycles. The quantitative estimate of drug-likeness (QED) is 0.275. The molecule has 6 nitrogen and oxygen atoms in total. The van der Waals surface area contributed by atoms with Crippen molar-refractivity contribution in [3.05, 3.63) is 23.8 Å². The van der Waals surface area contributed by atoms with Crippen molar-refractivity contribution in [3.63, 3.8) is 0 Å². The van der Waals surface area contributed by atoms with Crippen LogP contribution in [0.1, 0.15) is 5.56 Å². The number of halogens is 1. The molecule has 0 bridgehead atoms. The molecule has 0 saturated heterocycles. The van der Waals surface area contributed by atoms with E-state index in [0.717, 1.165) is 11.5 Å². The lowest BCUT2D eigenvalue weighted by Gasteiger charge is -2.12. The van der Waals surface area contributed by atoms with Gasteiger partial charge in [0.05, 0.1) is 13.7 Å². The predicted octanol–water partition coefficient (Wildman–Crippen LogP) is 1.37. The van der Waals surface area contributed by atoms with Crippen molar-refractivity contribution in [3.8, 4) is 11.5 Å². The molecule has 7 heteroatoms. The molecule has 0 atom stereocenters. The Morgan fingerprint density at radius 2 is 1.95 bits per heavy atom. The number of guanidine groups is 1. The molecule has 0 amide bonds. The molecule has 0 aliphatic rings. The first-order chi connectivity index (χ1) is 9.71. The van der Waals surface area contributed by atoms with Crippen LogP contribution in [0.5, 0.6) is 11.5 Å². The number of hydrogen-bond donors (Lipinski definition) is 3. The van der Waals surface area contributed by atoms with Gasteiger partial charge >= 0.3 is 0 Å². The summed E-state index contributed by atoms with van der Waals surface area (Å²) in [6.07, 6.45) is 0.695. The normalized spacial score (nSPS) is 10.7. The monoisotopic (exact) mass is 409 g/mol. The summed E-state index contributed by atoms with van der Waals surface area (Å²) in [5.41, 5.74) is 0.866. The van der Waals surface area contributed by atoms with E-state index < -0.39 is 0 Å². The minimum absolute atomic E-state index is 0. The molecule has 21 heavy (non-hydrogen) atoms. The molecule has 0 radical (unpaired) electrons. The minimum atomic E-state index is 0. The largest absolute Gasteiger partial charge is 0.508 e. The van der Waals surface area contributed by atoms with Gasteiger partial charge in [0.15, 0.2) is 5.96 Å². The van der Waals surface area contributed by atoms with Crippen LogP contribution in [0.3, 0.4) is 0 Å². The molecule has 0 aliphatic heterocycles. The second-order valence-corrected chi connectivity index (χ2v) is 4.16. The number of benzene rings is 1. The maximum absolute atomic E-state index is 9.85. The van der Waals surface area contributed by atoms with Crippen LogP contribution in [-0.4, -0.2) is 52.0 Å². The van der Waals surface area contributed by atoms with Crippen LogP contribution in [0.25, 0.3) is 0 Å². The Morgan fingerprint density at radius 3 is 2.52 bits per heavy atom. The van der Waals surface area contributed by atoms with E-state index in [4.69, 9.17) is 9.47 Å². The summed E-state index contributed by atoms with van der Waals surface area (Å²) in [5, 5.41) is 16.1. The topological polar surface area (TPSA) is 75.1 Å². The molecule has 0 spiro atoms. The standard InChI is InChI=1S/C14H23N3O3.HI/c1-15-14(17-8-9-19-2)16-7-6-11-4-5-12(20-3)10-13(11)18;/h4-5,10,18H,6-9H2,1-3H3,(H2,15,16,17);1H. The zero-order valence-corrected chi connectivity index (χ0v) is 15.0. The van der Waals surface area contributed by atoms with Crippen LogP contribution in [0, 0.1) is 0 Å². The van der Waals surface area contributed by atoms with E-state index in [1.54, 1.807) is 27.3 Å². The number of nitrogens with one attached hydrogen (secondary N) is 2. The Hall–Kier alpha value is -1.22. The molecule has 0 heterocycles. The number of hydrogen-bond acceptors (Lipinski definition) is 4. The van der Waals surface area contributed by atoms with Crippen LogP contribution in [0.15, 0.2) is 23.2 Å². The highest BCUT2D eigenvalue weighted by Gasteiger charge is 2.03. The second-order valence-electron chi connectivity index (χ2n) is 4.16. The fraction of sp³-hybridized carbons (Fsp3) is 0.500. The highest BCUT2D eigenvalue weighted by Crippen LogP contribution is 2.23. The van der Waals surface area contributed by atoms with Crippen LogP contribution in [0.4, 0.5) is 0 Å². The zero-order valence-electron chi connectivity index (χ0n) is 12.7. The average Bonchev–Trinajstić information content (AvgIpc) is 2.47. The highest BCUT2D eigenvalue weighted by molar-refractivity contribution is 14.0. The Morgan fingerprint density at radius 1 is 1.24 bits per heavy atom. The molecule has 0 fully saturated rings. The van der Waals surface area contributed by atoms with Gasteiger partial charge in [-0.2, -0.15) is 0 Å². The molecule has 0 aliphatic carbocycles. The van der Waals surface area contributed by atoms with Crippen molar-refractivity contribution in [1.82, 2.24) is 10.6 Å². The number of ether oxygens (including phenoxy) is 2. The minimum Gasteiger partial charge on any atom is -0.508 e. The van der Waals surface area contributed by atoms with Crippen molar-refractivity contribution in [1.29, 1.82) is 0 Å². The first-order valence-corrected chi connectivity index (χ1v) is 6.50. The first-order valence-electron chi connectivity index (χ1n) is 6.50. The number of aliphatic imine (C=N–C) groups is 1. The third-order valence-corrected chi connectivity index (χ3v) is 2.80. The van der Waals surface area contributed by atoms with E-state index in [-0.39, 0.29) is 29.7 Å². The van der Waals surface area contributed by atoms with Crippen LogP contribution < -0.4 is 15.4 Å². The highest BCUT2D eigenvalue weighted by atomic mass is 127. The lowest BCUT2D eigenvalue weighted by molar-refractivity contribution is 0.203. The summed E-state index contributed by atoms with van der Waals surface area (Å²) >= 11 is 0. The Labute approximate surface area is 143 Å². The smallest absolute Gasteiger partial charge is 0.191 e. The summed E-state index contributed by atoms with van der Waals surface area (Å²) in [5.74, 6) is 1.61. The fourth-order valence-electron chi connectivity index (χ4n) is 1.69. The fourth-order valence-corrected chi connectivity index (χ4v) is 1.69. The van der Waals surface area contributed by atoms with Gasteiger partial charge in [-0.15, -0.1) is 24.0 Å². The Kier molecular flexibility index (Phi) is 10.8. The number of methoxy groups -OCH3 is 2. The molecule has 0 unspecified atom stereocenters. The number of phenolic OH excluding ortho intramolecular Hbond substituents is 1. The van der Waals surface area contributed by atoms with Gasteiger partial charge in [-0.3, -0.25) is 4.99 Å². The number of rotatable bonds is 7. The maximum atomic E-state index is 9.85. The van der Waals surface area contributed by atoms with Crippen LogP contribution >= 0.6 is 24.0 Å². The molecule has 0 saturated carbocycles. The van der Waals surface area contributed by atoms with Gasteiger partial charge in [-0.25, -0.2) is 0 Å². The van der Waals surface area contributed by atoms with E-state index in [2.05, 4.69) is 15.6 Å². The van der Waals surface area contributed by atoms with Gasteiger partial charge in [0, 0.05) is 33.3 Å². The third-order valence-electron chi connectivity index (χ3n) is 2.80. The van der Waals surface area contributed by atoms with Crippen molar-refractivity contribution in [2.45, 2.75) is 6.42 Å². The van der Waals surface area contributed by atoms with Gasteiger partial charge in [-0.1, -0.05) is 6.07 Å². The van der Waals surface area contributed by atoms with Gasteiger partial charge in [0.1, 0.15) is 11.5 Å². The number of nitrogens with zero attached hydrogens (tertiary/aromatic N) is 1. The third kappa shape index (κ3) is 7.37. The summed E-state index contributed by atoms with van der Waals surface area (Å²) in [7, 11) is 4.95. The van der Waals surface area contributed by atoms with E-state index in [9.17, 15) is 5.11 Å². The molecular weight excluding hydrogens is 385 g/mol. The van der Waals surface area contributed by atoms with E-state index in [1.807, 2.05) is 12.1 Å². The summed E-state index contributed by atoms with van der Waals surface area (Å²) in [6, 6.07) is 5.30. The van der Waals surface area contributed by atoms with Crippen molar-refractivity contribution in [2.24, 2.45) is 4.99 Å².